The molecule has 6 nitrogen and oxygen atoms in total. The number of rotatable bonds is 6. The van der Waals surface area contributed by atoms with Crippen molar-refractivity contribution in [3.63, 3.8) is 0 Å². The number of carbonyl (C=O) groups excluding carboxylic acids is 1. The van der Waals surface area contributed by atoms with Crippen LogP contribution >= 0.6 is 0 Å². The number of hydrogen-bond donors (Lipinski definition) is 3. The molecule has 6 heteroatoms. The van der Waals surface area contributed by atoms with Gasteiger partial charge in [-0.1, -0.05) is 12.1 Å². The van der Waals surface area contributed by atoms with Crippen molar-refractivity contribution >= 4 is 17.3 Å². The molecule has 0 fully saturated rings. The number of hydrogen-bond acceptors (Lipinski definition) is 4. The number of aryl methyl sites for hydroxylation is 1. The Balaban J connectivity index is 1.74. The molecule has 1 aromatic heterocycles. The maximum atomic E-state index is 12.6. The van der Waals surface area contributed by atoms with E-state index >= 15 is 0 Å². The molecule has 1 aliphatic rings. The van der Waals surface area contributed by atoms with Crippen LogP contribution in [-0.4, -0.2) is 36.4 Å². The van der Waals surface area contributed by atoms with E-state index in [9.17, 15) is 4.79 Å². The summed E-state index contributed by atoms with van der Waals surface area (Å²) in [5.74, 6) is -0.162. The molecule has 0 bridgehead atoms. The molecule has 0 radical (unpaired) electrons. The van der Waals surface area contributed by atoms with Crippen LogP contribution in [0.15, 0.2) is 24.3 Å². The molecule has 0 atom stereocenters. The Kier molecular flexibility index (Phi) is 4.92. The summed E-state index contributed by atoms with van der Waals surface area (Å²) in [5, 5.41) is 13.5. The Hall–Kier alpha value is -2.34. The SMILES string of the molecule is COCCNc1ccccc1NC(=O)c1n[nH]c2c1CCCC2. The molecule has 0 spiro atoms. The maximum Gasteiger partial charge on any atom is 0.276 e. The first-order valence-corrected chi connectivity index (χ1v) is 7.99. The number of nitrogens with one attached hydrogen (secondary N) is 3. The number of aromatic amines is 1. The highest BCUT2D eigenvalue weighted by atomic mass is 16.5. The first-order valence-electron chi connectivity index (χ1n) is 7.99. The van der Waals surface area contributed by atoms with Gasteiger partial charge in [0.1, 0.15) is 0 Å². The minimum atomic E-state index is -0.162. The third-order valence-electron chi connectivity index (χ3n) is 4.07. The highest BCUT2D eigenvalue weighted by Gasteiger charge is 2.22. The molecule has 3 rings (SSSR count). The van der Waals surface area contributed by atoms with Crippen molar-refractivity contribution in [1.29, 1.82) is 0 Å². The number of benzene rings is 1. The van der Waals surface area contributed by atoms with Crippen LogP contribution < -0.4 is 10.6 Å². The molecular formula is C17H22N4O2. The number of para-hydroxylation sites is 2. The summed E-state index contributed by atoms with van der Waals surface area (Å²) in [6.07, 6.45) is 4.16. The Bertz CT molecular complexity index is 681. The second kappa shape index (κ2) is 7.28. The van der Waals surface area contributed by atoms with E-state index in [2.05, 4.69) is 20.8 Å². The topological polar surface area (TPSA) is 79.0 Å². The van der Waals surface area contributed by atoms with Crippen LogP contribution in [0.5, 0.6) is 0 Å². The number of ether oxygens (including phenoxy) is 1. The van der Waals surface area contributed by atoms with Gasteiger partial charge in [-0.3, -0.25) is 9.89 Å². The maximum absolute atomic E-state index is 12.6. The van der Waals surface area contributed by atoms with E-state index in [0.717, 1.165) is 48.3 Å². The van der Waals surface area contributed by atoms with Crippen molar-refractivity contribution in [3.05, 3.63) is 41.2 Å². The standard InChI is InChI=1S/C17H22N4O2/c1-23-11-10-18-14-8-4-5-9-15(14)19-17(22)16-12-6-2-3-7-13(12)20-21-16/h4-5,8-9,18H,2-3,6-7,10-11H2,1H3,(H,19,22)(H,20,21). The molecular weight excluding hydrogens is 292 g/mol. The minimum Gasteiger partial charge on any atom is -0.383 e. The summed E-state index contributed by atoms with van der Waals surface area (Å²) in [7, 11) is 1.66. The minimum absolute atomic E-state index is 0.162. The van der Waals surface area contributed by atoms with Gasteiger partial charge in [0.2, 0.25) is 0 Å². The van der Waals surface area contributed by atoms with E-state index in [1.54, 1.807) is 7.11 Å². The number of H-pyrrole nitrogens is 1. The molecule has 1 aromatic carbocycles. The molecule has 0 unspecified atom stereocenters. The molecule has 1 amide bonds. The zero-order valence-corrected chi connectivity index (χ0v) is 13.3. The normalized spacial score (nSPS) is 13.4. The summed E-state index contributed by atoms with van der Waals surface area (Å²) in [6.45, 7) is 1.29. The molecule has 1 heterocycles. The fourth-order valence-corrected chi connectivity index (χ4v) is 2.88. The average molecular weight is 314 g/mol. The Morgan fingerprint density at radius 1 is 1.26 bits per heavy atom. The van der Waals surface area contributed by atoms with Crippen molar-refractivity contribution < 1.29 is 9.53 Å². The second-order valence-electron chi connectivity index (χ2n) is 5.66. The fraction of sp³-hybridized carbons (Fsp3) is 0.412. The molecule has 3 N–H and O–H groups in total. The molecule has 2 aromatic rings. The molecule has 122 valence electrons. The van der Waals surface area contributed by atoms with Gasteiger partial charge in [-0.05, 0) is 37.8 Å². The molecule has 0 aliphatic heterocycles. The first-order chi connectivity index (χ1) is 11.3. The lowest BCUT2D eigenvalue weighted by Crippen LogP contribution is -2.17. The highest BCUT2D eigenvalue weighted by molar-refractivity contribution is 6.05. The smallest absolute Gasteiger partial charge is 0.276 e. The van der Waals surface area contributed by atoms with Crippen molar-refractivity contribution in [2.24, 2.45) is 0 Å². The Morgan fingerprint density at radius 3 is 2.87 bits per heavy atom. The van der Waals surface area contributed by atoms with Crippen LogP contribution in [0.25, 0.3) is 0 Å². The fourth-order valence-electron chi connectivity index (χ4n) is 2.88. The summed E-state index contributed by atoms with van der Waals surface area (Å²) in [5.41, 5.74) is 4.32. The van der Waals surface area contributed by atoms with Gasteiger partial charge in [0.25, 0.3) is 5.91 Å². The van der Waals surface area contributed by atoms with Gasteiger partial charge in [-0.2, -0.15) is 5.10 Å². The lowest BCUT2D eigenvalue weighted by molar-refractivity contribution is 0.102. The summed E-state index contributed by atoms with van der Waals surface area (Å²) < 4.78 is 5.04. The quantitative estimate of drug-likeness (QED) is 0.716. The van der Waals surface area contributed by atoms with Gasteiger partial charge in [-0.15, -0.1) is 0 Å². The predicted octanol–water partition coefficient (Wildman–Crippen LogP) is 2.60. The number of anilines is 2. The Morgan fingerprint density at radius 2 is 2.04 bits per heavy atom. The van der Waals surface area contributed by atoms with Crippen LogP contribution in [0.3, 0.4) is 0 Å². The van der Waals surface area contributed by atoms with Crippen molar-refractivity contribution in [2.75, 3.05) is 30.9 Å². The van der Waals surface area contributed by atoms with E-state index in [4.69, 9.17) is 4.74 Å². The van der Waals surface area contributed by atoms with Crippen LogP contribution in [0.1, 0.15) is 34.6 Å². The molecule has 23 heavy (non-hydrogen) atoms. The Labute approximate surface area is 135 Å². The molecule has 1 aliphatic carbocycles. The number of carbonyl (C=O) groups is 1. The summed E-state index contributed by atoms with van der Waals surface area (Å²) >= 11 is 0. The van der Waals surface area contributed by atoms with Gasteiger partial charge in [0.05, 0.1) is 18.0 Å². The number of fused-ring (bicyclic) bond motifs is 1. The van der Waals surface area contributed by atoms with Crippen molar-refractivity contribution in [1.82, 2.24) is 10.2 Å². The third-order valence-corrected chi connectivity index (χ3v) is 4.07. The monoisotopic (exact) mass is 314 g/mol. The van der Waals surface area contributed by atoms with Gasteiger partial charge >= 0.3 is 0 Å². The van der Waals surface area contributed by atoms with E-state index in [0.29, 0.717) is 18.8 Å². The predicted molar refractivity (Wildman–Crippen MR) is 90.0 cm³/mol. The van der Waals surface area contributed by atoms with Crippen LogP contribution in [0.2, 0.25) is 0 Å². The number of nitrogens with zero attached hydrogens (tertiary/aromatic N) is 1. The zero-order valence-electron chi connectivity index (χ0n) is 13.3. The molecule has 0 saturated heterocycles. The lowest BCUT2D eigenvalue weighted by atomic mass is 9.96. The lowest BCUT2D eigenvalue weighted by Gasteiger charge is -2.14. The summed E-state index contributed by atoms with van der Waals surface area (Å²) in [4.78, 5) is 12.6. The van der Waals surface area contributed by atoms with Gasteiger partial charge < -0.3 is 15.4 Å². The largest absolute Gasteiger partial charge is 0.383 e. The van der Waals surface area contributed by atoms with E-state index in [1.165, 1.54) is 0 Å². The van der Waals surface area contributed by atoms with Crippen LogP contribution in [-0.2, 0) is 17.6 Å². The number of methoxy groups -OCH3 is 1. The number of amides is 1. The molecule has 0 saturated carbocycles. The second-order valence-corrected chi connectivity index (χ2v) is 5.66. The first kappa shape index (κ1) is 15.6. The van der Waals surface area contributed by atoms with Gasteiger partial charge in [0.15, 0.2) is 5.69 Å². The number of aromatic nitrogens is 2. The van der Waals surface area contributed by atoms with Crippen LogP contribution in [0.4, 0.5) is 11.4 Å². The zero-order chi connectivity index (χ0) is 16.1. The van der Waals surface area contributed by atoms with Crippen molar-refractivity contribution in [3.8, 4) is 0 Å². The highest BCUT2D eigenvalue weighted by Crippen LogP contribution is 2.25. The van der Waals surface area contributed by atoms with Gasteiger partial charge in [0, 0.05) is 24.9 Å². The average Bonchev–Trinajstić information content (AvgIpc) is 3.01. The summed E-state index contributed by atoms with van der Waals surface area (Å²) in [6, 6.07) is 7.65. The van der Waals surface area contributed by atoms with E-state index in [-0.39, 0.29) is 5.91 Å². The van der Waals surface area contributed by atoms with E-state index in [1.807, 2.05) is 24.3 Å². The van der Waals surface area contributed by atoms with E-state index < -0.39 is 0 Å². The van der Waals surface area contributed by atoms with Gasteiger partial charge in [-0.25, -0.2) is 0 Å². The van der Waals surface area contributed by atoms with Crippen LogP contribution in [0, 0.1) is 0 Å². The third kappa shape index (κ3) is 3.53. The van der Waals surface area contributed by atoms with Crippen molar-refractivity contribution in [2.45, 2.75) is 25.7 Å².